The third kappa shape index (κ3) is 3.18. The van der Waals surface area contributed by atoms with Crippen molar-refractivity contribution < 1.29 is 4.79 Å². The van der Waals surface area contributed by atoms with Crippen LogP contribution in [0.15, 0.2) is 30.6 Å². The van der Waals surface area contributed by atoms with Gasteiger partial charge in [-0.2, -0.15) is 0 Å². The van der Waals surface area contributed by atoms with Gasteiger partial charge in [-0.3, -0.25) is 9.78 Å². The van der Waals surface area contributed by atoms with Gasteiger partial charge in [-0.25, -0.2) is 4.68 Å². The SMILES string of the molecule is NCc1cn(CC(=O)Cc2ccccn2)nn1. The van der Waals surface area contributed by atoms with Crippen LogP contribution in [0.3, 0.4) is 0 Å². The lowest BCUT2D eigenvalue weighted by Gasteiger charge is -1.99. The van der Waals surface area contributed by atoms with Crippen molar-refractivity contribution in [3.8, 4) is 0 Å². The fourth-order valence-corrected chi connectivity index (χ4v) is 1.45. The van der Waals surface area contributed by atoms with Crippen LogP contribution in [0.5, 0.6) is 0 Å². The van der Waals surface area contributed by atoms with E-state index in [9.17, 15) is 4.79 Å². The second-order valence-corrected chi connectivity index (χ2v) is 3.65. The van der Waals surface area contributed by atoms with Gasteiger partial charge in [0.15, 0.2) is 5.78 Å². The Bertz CT molecular complexity index is 494. The zero-order valence-electron chi connectivity index (χ0n) is 9.28. The van der Waals surface area contributed by atoms with E-state index in [4.69, 9.17) is 5.73 Å². The summed E-state index contributed by atoms with van der Waals surface area (Å²) in [5.41, 5.74) is 6.84. The van der Waals surface area contributed by atoms with Gasteiger partial charge in [0.1, 0.15) is 6.54 Å². The second kappa shape index (κ2) is 5.31. The van der Waals surface area contributed by atoms with Gasteiger partial charge in [0.05, 0.1) is 18.3 Å². The maximum absolute atomic E-state index is 11.7. The molecule has 0 aliphatic rings. The molecular weight excluding hydrogens is 218 g/mol. The molecule has 0 unspecified atom stereocenters. The van der Waals surface area contributed by atoms with Crippen molar-refractivity contribution in [2.24, 2.45) is 5.73 Å². The molecule has 6 nitrogen and oxygen atoms in total. The number of pyridine rings is 1. The molecule has 17 heavy (non-hydrogen) atoms. The van der Waals surface area contributed by atoms with Crippen molar-refractivity contribution in [1.29, 1.82) is 0 Å². The summed E-state index contributed by atoms with van der Waals surface area (Å²) in [5.74, 6) is 0.0390. The number of ketones is 1. The lowest BCUT2D eigenvalue weighted by Crippen LogP contribution is -2.13. The molecule has 0 bridgehead atoms. The van der Waals surface area contributed by atoms with Crippen LogP contribution in [-0.4, -0.2) is 25.8 Å². The number of rotatable bonds is 5. The summed E-state index contributed by atoms with van der Waals surface area (Å²) in [6.45, 7) is 0.526. The topological polar surface area (TPSA) is 86.7 Å². The molecule has 88 valence electrons. The van der Waals surface area contributed by atoms with Crippen LogP contribution in [-0.2, 0) is 24.3 Å². The largest absolute Gasteiger partial charge is 0.325 e. The molecule has 0 aromatic carbocycles. The number of hydrogen-bond donors (Lipinski definition) is 1. The van der Waals surface area contributed by atoms with Gasteiger partial charge >= 0.3 is 0 Å². The number of nitrogens with zero attached hydrogens (tertiary/aromatic N) is 4. The lowest BCUT2D eigenvalue weighted by molar-refractivity contribution is -0.119. The summed E-state index contributed by atoms with van der Waals surface area (Å²) in [4.78, 5) is 15.8. The number of carbonyl (C=O) groups is 1. The molecule has 2 aromatic heterocycles. The van der Waals surface area contributed by atoms with Crippen molar-refractivity contribution in [3.05, 3.63) is 42.0 Å². The summed E-state index contributed by atoms with van der Waals surface area (Å²) in [6, 6.07) is 5.50. The number of hydrogen-bond acceptors (Lipinski definition) is 5. The molecule has 2 N–H and O–H groups in total. The van der Waals surface area contributed by atoms with E-state index >= 15 is 0 Å². The summed E-state index contributed by atoms with van der Waals surface area (Å²) < 4.78 is 1.49. The predicted molar refractivity (Wildman–Crippen MR) is 60.9 cm³/mol. The first-order valence-corrected chi connectivity index (χ1v) is 5.28. The van der Waals surface area contributed by atoms with Gasteiger partial charge in [-0.05, 0) is 12.1 Å². The molecule has 2 rings (SSSR count). The van der Waals surface area contributed by atoms with Crippen LogP contribution < -0.4 is 5.73 Å². The van der Waals surface area contributed by atoms with E-state index in [1.165, 1.54) is 4.68 Å². The first kappa shape index (κ1) is 11.4. The number of carbonyl (C=O) groups excluding carboxylic acids is 1. The first-order valence-electron chi connectivity index (χ1n) is 5.28. The Hall–Kier alpha value is -2.08. The van der Waals surface area contributed by atoms with Crippen LogP contribution >= 0.6 is 0 Å². The average Bonchev–Trinajstić information content (AvgIpc) is 2.78. The first-order chi connectivity index (χ1) is 8.28. The van der Waals surface area contributed by atoms with Crippen molar-refractivity contribution in [3.63, 3.8) is 0 Å². The highest BCUT2D eigenvalue weighted by Gasteiger charge is 2.07. The molecule has 0 atom stereocenters. The molecule has 2 aromatic rings. The molecule has 0 saturated carbocycles. The summed E-state index contributed by atoms with van der Waals surface area (Å²) in [5, 5.41) is 7.63. The van der Waals surface area contributed by atoms with Gasteiger partial charge in [-0.1, -0.05) is 11.3 Å². The maximum atomic E-state index is 11.7. The average molecular weight is 231 g/mol. The minimum Gasteiger partial charge on any atom is -0.325 e. The van der Waals surface area contributed by atoms with Gasteiger partial charge in [-0.15, -0.1) is 5.10 Å². The molecule has 6 heteroatoms. The van der Waals surface area contributed by atoms with Gasteiger partial charge in [0.2, 0.25) is 0 Å². The molecule has 0 aliphatic carbocycles. The van der Waals surface area contributed by atoms with E-state index in [0.717, 1.165) is 5.69 Å². The third-order valence-corrected chi connectivity index (χ3v) is 2.24. The lowest BCUT2D eigenvalue weighted by atomic mass is 10.2. The molecule has 0 spiro atoms. The summed E-state index contributed by atoms with van der Waals surface area (Å²) >= 11 is 0. The van der Waals surface area contributed by atoms with Crippen molar-refractivity contribution in [2.75, 3.05) is 0 Å². The summed E-state index contributed by atoms with van der Waals surface area (Å²) in [6.07, 6.45) is 3.65. The fourth-order valence-electron chi connectivity index (χ4n) is 1.45. The molecule has 0 saturated heterocycles. The Balaban J connectivity index is 1.93. The smallest absolute Gasteiger partial charge is 0.160 e. The Morgan fingerprint density at radius 1 is 1.35 bits per heavy atom. The van der Waals surface area contributed by atoms with Crippen LogP contribution in [0.1, 0.15) is 11.4 Å². The monoisotopic (exact) mass is 231 g/mol. The third-order valence-electron chi connectivity index (χ3n) is 2.24. The predicted octanol–water partition coefficient (Wildman–Crippen LogP) is -0.0564. The maximum Gasteiger partial charge on any atom is 0.160 e. The minimum atomic E-state index is 0.0390. The highest BCUT2D eigenvalue weighted by atomic mass is 16.1. The van der Waals surface area contributed by atoms with Crippen LogP contribution in [0.4, 0.5) is 0 Å². The number of Topliss-reactive ketones (excluding diaryl/α,β-unsaturated/α-hetero) is 1. The molecule has 2 heterocycles. The van der Waals surface area contributed by atoms with Crippen LogP contribution in [0, 0.1) is 0 Å². The van der Waals surface area contributed by atoms with Crippen LogP contribution in [0.25, 0.3) is 0 Å². The second-order valence-electron chi connectivity index (χ2n) is 3.65. The Morgan fingerprint density at radius 3 is 2.88 bits per heavy atom. The van der Waals surface area contributed by atoms with Gasteiger partial charge < -0.3 is 5.73 Å². The Labute approximate surface area is 98.5 Å². The highest BCUT2D eigenvalue weighted by Crippen LogP contribution is 1.98. The number of aromatic nitrogens is 4. The van der Waals surface area contributed by atoms with E-state index < -0.39 is 0 Å². The summed E-state index contributed by atoms with van der Waals surface area (Å²) in [7, 11) is 0. The Morgan fingerprint density at radius 2 is 2.24 bits per heavy atom. The molecule has 0 radical (unpaired) electrons. The molecule has 0 amide bonds. The van der Waals surface area contributed by atoms with Crippen molar-refractivity contribution in [2.45, 2.75) is 19.5 Å². The fraction of sp³-hybridized carbons (Fsp3) is 0.273. The van der Waals surface area contributed by atoms with E-state index in [-0.39, 0.29) is 12.3 Å². The zero-order valence-corrected chi connectivity index (χ0v) is 9.28. The minimum absolute atomic E-state index is 0.0390. The molecule has 0 fully saturated rings. The molecular formula is C11H13N5O. The van der Waals surface area contributed by atoms with E-state index in [0.29, 0.717) is 18.7 Å². The van der Waals surface area contributed by atoms with E-state index in [2.05, 4.69) is 15.3 Å². The van der Waals surface area contributed by atoms with Gasteiger partial charge in [0.25, 0.3) is 0 Å². The number of nitrogens with two attached hydrogens (primary N) is 1. The van der Waals surface area contributed by atoms with Crippen molar-refractivity contribution in [1.82, 2.24) is 20.0 Å². The van der Waals surface area contributed by atoms with Crippen LogP contribution in [0.2, 0.25) is 0 Å². The normalized spacial score (nSPS) is 10.4. The Kier molecular flexibility index (Phi) is 3.56. The molecule has 0 aliphatic heterocycles. The zero-order chi connectivity index (χ0) is 12.1. The van der Waals surface area contributed by atoms with E-state index in [1.807, 2.05) is 18.2 Å². The quantitative estimate of drug-likeness (QED) is 0.779. The standard InChI is InChI=1S/C11H13N5O/c12-6-10-7-16(15-14-10)8-11(17)5-9-3-1-2-4-13-9/h1-4,7H,5-6,8,12H2. The van der Waals surface area contributed by atoms with Crippen molar-refractivity contribution >= 4 is 5.78 Å². The van der Waals surface area contributed by atoms with Gasteiger partial charge in [0, 0.05) is 18.4 Å². The highest BCUT2D eigenvalue weighted by molar-refractivity contribution is 5.80. The van der Waals surface area contributed by atoms with E-state index in [1.54, 1.807) is 12.4 Å².